The Morgan fingerprint density at radius 2 is 1.14 bits per heavy atom. The summed E-state index contributed by atoms with van der Waals surface area (Å²) >= 11 is 0. The summed E-state index contributed by atoms with van der Waals surface area (Å²) in [6, 6.07) is 37.4. The van der Waals surface area contributed by atoms with Crippen molar-refractivity contribution in [3.63, 3.8) is 0 Å². The number of rotatable bonds is 10. The van der Waals surface area contributed by atoms with Crippen molar-refractivity contribution in [3.8, 4) is 22.5 Å². The van der Waals surface area contributed by atoms with Crippen LogP contribution in [0.2, 0.25) is 0 Å². The number of aromatic nitrogens is 3. The molecule has 6 fully saturated rings. The largest absolute Gasteiger partial charge is 0.355 e. The first-order chi connectivity index (χ1) is 34.5. The molecule has 7 aromatic rings. The topological polar surface area (TPSA) is 161 Å². The highest BCUT2D eigenvalue weighted by molar-refractivity contribution is 6.06. The summed E-state index contributed by atoms with van der Waals surface area (Å²) in [5, 5.41) is 14.4. The fourth-order valence-electron chi connectivity index (χ4n) is 13.3. The van der Waals surface area contributed by atoms with Crippen LogP contribution in [0.25, 0.3) is 44.3 Å². The number of benzene rings is 4. The average molecular weight is 948 g/mol. The maximum Gasteiger partial charge on any atom is 0.256 e. The summed E-state index contributed by atoms with van der Waals surface area (Å²) in [6.07, 6.45) is 20.1. The highest BCUT2D eigenvalue weighted by Gasteiger charge is 2.58. The molecule has 6 N–H and O–H groups in total. The minimum absolute atomic E-state index is 0.0182. The Morgan fingerprint density at radius 3 is 1.70 bits per heavy atom. The molecule has 4 aromatic carbocycles. The van der Waals surface area contributed by atoms with Gasteiger partial charge in [0.05, 0.1) is 5.41 Å². The number of amides is 4. The molecule has 6 aliphatic rings. The zero-order valence-corrected chi connectivity index (χ0v) is 40.8. The fourth-order valence-corrected chi connectivity index (χ4v) is 13.3. The van der Waals surface area contributed by atoms with Crippen LogP contribution in [-0.2, 0) is 9.59 Å². The van der Waals surface area contributed by atoms with Gasteiger partial charge in [-0.1, -0.05) is 75.8 Å². The first-order valence-corrected chi connectivity index (χ1v) is 26.1. The first-order valence-electron chi connectivity index (χ1n) is 26.1. The zero-order valence-electron chi connectivity index (χ0n) is 40.8. The van der Waals surface area contributed by atoms with Crippen LogP contribution in [0.15, 0.2) is 121 Å². The van der Waals surface area contributed by atoms with E-state index in [0.29, 0.717) is 28.4 Å². The highest BCUT2D eigenvalue weighted by Crippen LogP contribution is 2.65. The molecule has 71 heavy (non-hydrogen) atoms. The molecule has 11 heteroatoms. The molecule has 0 spiro atoms. The molecule has 6 aliphatic carbocycles. The lowest BCUT2D eigenvalue weighted by atomic mass is 9.44. The summed E-state index contributed by atoms with van der Waals surface area (Å²) in [7, 11) is 0. The Hall–Kier alpha value is -7.01. The third kappa shape index (κ3) is 10.3. The molecule has 13 rings (SSSR count). The number of H-pyrrole nitrogens is 2. The smallest absolute Gasteiger partial charge is 0.256 e. The summed E-state index contributed by atoms with van der Waals surface area (Å²) < 4.78 is 0. The quantitative estimate of drug-likeness (QED) is 0.0803. The number of carbonyl (C=O) groups is 4. The molecule has 2 unspecified atom stereocenters. The van der Waals surface area contributed by atoms with Gasteiger partial charge in [0.1, 0.15) is 5.82 Å². The SMILES string of the molecule is CC12C[C@H]3C[C@@H](C1)CC(C(=O)Nc1ccc(-c4cc5cc(C(=O)Nc6ccccn6)ccc5[nH]4)cc1)(C3)C2.O=C(NC1CCCCC1)c1ccc2[nH]c(-c3ccc(NC(=O)C4CCCCC4)cc3)cc2c1. The van der Waals surface area contributed by atoms with Gasteiger partial charge in [0.15, 0.2) is 0 Å². The Labute approximate surface area is 415 Å². The second-order valence-corrected chi connectivity index (χ2v) is 21.9. The monoisotopic (exact) mass is 948 g/mol. The summed E-state index contributed by atoms with van der Waals surface area (Å²) in [5.41, 5.74) is 9.15. The summed E-state index contributed by atoms with van der Waals surface area (Å²) in [6.45, 7) is 2.40. The first kappa shape index (κ1) is 46.4. The second kappa shape index (κ2) is 19.6. The number of hydrogen-bond acceptors (Lipinski definition) is 5. The van der Waals surface area contributed by atoms with Gasteiger partial charge in [-0.05, 0) is 178 Å². The molecule has 6 saturated carbocycles. The van der Waals surface area contributed by atoms with Gasteiger partial charge in [0.2, 0.25) is 11.8 Å². The number of nitrogens with one attached hydrogen (secondary N) is 6. The van der Waals surface area contributed by atoms with Crippen molar-refractivity contribution in [2.45, 2.75) is 116 Å². The van der Waals surface area contributed by atoms with Gasteiger partial charge in [-0.2, -0.15) is 0 Å². The second-order valence-electron chi connectivity index (χ2n) is 21.9. The van der Waals surface area contributed by atoms with Gasteiger partial charge >= 0.3 is 0 Å². The minimum Gasteiger partial charge on any atom is -0.355 e. The van der Waals surface area contributed by atoms with Crippen LogP contribution in [0.3, 0.4) is 0 Å². The molecule has 0 aliphatic heterocycles. The van der Waals surface area contributed by atoms with Crippen LogP contribution in [0.4, 0.5) is 17.2 Å². The molecular weight excluding hydrogens is 883 g/mol. The predicted molar refractivity (Wildman–Crippen MR) is 283 cm³/mol. The molecule has 3 aromatic heterocycles. The van der Waals surface area contributed by atoms with E-state index in [9.17, 15) is 19.2 Å². The van der Waals surface area contributed by atoms with Crippen molar-refractivity contribution in [2.75, 3.05) is 16.0 Å². The Balaban J connectivity index is 0.000000156. The number of fused-ring (bicyclic) bond motifs is 2. The van der Waals surface area contributed by atoms with E-state index in [1.54, 1.807) is 12.3 Å². The zero-order chi connectivity index (χ0) is 48.5. The number of anilines is 3. The molecule has 3 heterocycles. The van der Waals surface area contributed by atoms with Gasteiger partial charge in [-0.25, -0.2) is 4.98 Å². The Bertz CT molecular complexity index is 3060. The van der Waals surface area contributed by atoms with E-state index in [-0.39, 0.29) is 35.0 Å². The van der Waals surface area contributed by atoms with Gasteiger partial charge in [0, 0.05) is 73.9 Å². The third-order valence-corrected chi connectivity index (χ3v) is 16.3. The van der Waals surface area contributed by atoms with E-state index < -0.39 is 0 Å². The van der Waals surface area contributed by atoms with E-state index in [4.69, 9.17) is 0 Å². The van der Waals surface area contributed by atoms with E-state index >= 15 is 0 Å². The van der Waals surface area contributed by atoms with Crippen LogP contribution in [0.1, 0.15) is 130 Å². The molecule has 0 saturated heterocycles. The lowest BCUT2D eigenvalue weighted by molar-refractivity contribution is -0.149. The Morgan fingerprint density at radius 1 is 0.577 bits per heavy atom. The summed E-state index contributed by atoms with van der Waals surface area (Å²) in [4.78, 5) is 62.5. The van der Waals surface area contributed by atoms with Crippen molar-refractivity contribution < 1.29 is 19.2 Å². The lowest BCUT2D eigenvalue weighted by Gasteiger charge is -2.60. The molecule has 0 radical (unpaired) electrons. The minimum atomic E-state index is -0.193. The van der Waals surface area contributed by atoms with E-state index in [0.717, 1.165) is 125 Å². The third-order valence-electron chi connectivity index (χ3n) is 16.3. The Kier molecular flexibility index (Phi) is 12.8. The standard InChI is InChI=1S/C32H32N4O2.C28H33N3O2/c1-31-15-20-12-21(16-31)18-32(17-20,19-31)30(38)34-25-8-5-22(6-9-25)27-14-24-13-23(7-10-26(24)35-27)29(37)36-28-4-2-3-11-33-28;32-27(20-7-3-1-4-8-20)30-24-14-11-19(12-15-24)26-18-22-17-21(13-16-25(22)31-26)28(33)29-23-9-5-2-6-10-23/h2-11,13-14,20-21,35H,12,15-19H2,1H3,(H,34,38)(H,33,36,37);11-18,20,23,31H,1-10H2,(H,29,33)(H,30,32)/t20-,21+,31?,32?;. The number of pyridine rings is 1. The maximum absolute atomic E-state index is 13.5. The van der Waals surface area contributed by atoms with Crippen molar-refractivity contribution in [3.05, 3.63) is 133 Å². The van der Waals surface area contributed by atoms with Crippen LogP contribution >= 0.6 is 0 Å². The number of nitrogens with zero attached hydrogens (tertiary/aromatic N) is 1. The van der Waals surface area contributed by atoms with Crippen molar-refractivity contribution in [2.24, 2.45) is 28.6 Å². The fraction of sp³-hybridized carbons (Fsp3) is 0.383. The van der Waals surface area contributed by atoms with Crippen LogP contribution in [0.5, 0.6) is 0 Å². The van der Waals surface area contributed by atoms with Crippen LogP contribution < -0.4 is 21.3 Å². The summed E-state index contributed by atoms with van der Waals surface area (Å²) in [5.74, 6) is 2.30. The average Bonchev–Trinajstić information content (AvgIpc) is 4.02. The maximum atomic E-state index is 13.5. The van der Waals surface area contributed by atoms with Crippen LogP contribution in [0, 0.1) is 28.6 Å². The van der Waals surface area contributed by atoms with Gasteiger partial charge in [-0.3, -0.25) is 19.2 Å². The van der Waals surface area contributed by atoms with Crippen molar-refractivity contribution in [1.29, 1.82) is 0 Å². The molecule has 4 amide bonds. The molecule has 364 valence electrons. The van der Waals surface area contributed by atoms with Crippen LogP contribution in [-0.4, -0.2) is 44.6 Å². The molecule has 4 bridgehead atoms. The lowest BCUT2D eigenvalue weighted by Crippen LogP contribution is -2.55. The molecular formula is C60H65N7O4. The van der Waals surface area contributed by atoms with E-state index in [1.807, 2.05) is 97.1 Å². The highest BCUT2D eigenvalue weighted by atomic mass is 16.2. The van der Waals surface area contributed by atoms with E-state index in [2.05, 4.69) is 55.3 Å². The molecule has 4 atom stereocenters. The van der Waals surface area contributed by atoms with E-state index in [1.165, 1.54) is 44.9 Å². The predicted octanol–water partition coefficient (Wildman–Crippen LogP) is 13.4. The normalized spacial score (nSPS) is 22.9. The van der Waals surface area contributed by atoms with Gasteiger partial charge < -0.3 is 31.2 Å². The number of hydrogen-bond donors (Lipinski definition) is 6. The van der Waals surface area contributed by atoms with Crippen molar-refractivity contribution in [1.82, 2.24) is 20.3 Å². The van der Waals surface area contributed by atoms with Crippen molar-refractivity contribution >= 4 is 62.6 Å². The van der Waals surface area contributed by atoms with Gasteiger partial charge in [0.25, 0.3) is 11.8 Å². The number of aromatic amines is 2. The molecule has 11 nitrogen and oxygen atoms in total. The number of carbonyl (C=O) groups excluding carboxylic acids is 4. The van der Waals surface area contributed by atoms with Gasteiger partial charge in [-0.15, -0.1) is 0 Å².